The van der Waals surface area contributed by atoms with Gasteiger partial charge in [0.1, 0.15) is 0 Å². The van der Waals surface area contributed by atoms with Crippen molar-refractivity contribution in [3.05, 3.63) is 28.2 Å². The van der Waals surface area contributed by atoms with Crippen molar-refractivity contribution in [2.45, 2.75) is 39.0 Å². The van der Waals surface area contributed by atoms with Gasteiger partial charge in [0.25, 0.3) is 0 Å². The molecule has 0 amide bonds. The second-order valence-electron chi connectivity index (χ2n) is 5.59. The van der Waals surface area contributed by atoms with E-state index in [0.29, 0.717) is 12.6 Å². The van der Waals surface area contributed by atoms with Gasteiger partial charge in [0.05, 0.1) is 19.3 Å². The lowest BCUT2D eigenvalue weighted by atomic mass is 10.1. The molecule has 0 radical (unpaired) electrons. The van der Waals surface area contributed by atoms with E-state index >= 15 is 0 Å². The first-order valence-electron chi connectivity index (χ1n) is 7.64. The van der Waals surface area contributed by atoms with Crippen LogP contribution < -0.4 is 10.2 Å². The molecule has 0 bridgehead atoms. The van der Waals surface area contributed by atoms with Gasteiger partial charge >= 0.3 is 0 Å². The van der Waals surface area contributed by atoms with Crippen molar-refractivity contribution in [1.29, 1.82) is 0 Å². The molecule has 1 aliphatic heterocycles. The van der Waals surface area contributed by atoms with E-state index in [1.807, 2.05) is 0 Å². The first-order valence-corrected chi connectivity index (χ1v) is 8.43. The molecular formula is C16H25BrN2O2. The number of nitrogens with zero attached hydrogens (tertiary/aromatic N) is 1. The Bertz CT molecular complexity index is 456. The monoisotopic (exact) mass is 356 g/mol. The number of morpholine rings is 1. The standard InChI is InChI=1S/C16H25BrN2O2/c1-3-6-18-8-13-4-5-14(17)7-16(13)19-9-15(10-20)21-11-12(19)2/h4-5,7,12,15,18,20H,3,6,8-11H2,1-2H3. The molecule has 1 saturated heterocycles. The number of hydrogen-bond acceptors (Lipinski definition) is 4. The van der Waals surface area contributed by atoms with Crippen LogP contribution in [-0.2, 0) is 11.3 Å². The summed E-state index contributed by atoms with van der Waals surface area (Å²) in [5, 5.41) is 12.8. The summed E-state index contributed by atoms with van der Waals surface area (Å²) in [6.45, 7) is 7.68. The summed E-state index contributed by atoms with van der Waals surface area (Å²) in [7, 11) is 0. The number of rotatable bonds is 6. The topological polar surface area (TPSA) is 44.7 Å². The van der Waals surface area contributed by atoms with E-state index in [9.17, 15) is 5.11 Å². The average molecular weight is 357 g/mol. The van der Waals surface area contributed by atoms with Gasteiger partial charge in [0, 0.05) is 29.3 Å². The predicted molar refractivity (Wildman–Crippen MR) is 89.8 cm³/mol. The predicted octanol–water partition coefficient (Wildman–Crippen LogP) is 2.53. The van der Waals surface area contributed by atoms with Crippen molar-refractivity contribution in [2.24, 2.45) is 0 Å². The fraction of sp³-hybridized carbons (Fsp3) is 0.625. The Hall–Kier alpha value is -0.620. The largest absolute Gasteiger partial charge is 0.394 e. The quantitative estimate of drug-likeness (QED) is 0.768. The Morgan fingerprint density at radius 3 is 3.00 bits per heavy atom. The smallest absolute Gasteiger partial charge is 0.0981 e. The van der Waals surface area contributed by atoms with Crippen molar-refractivity contribution in [3.8, 4) is 0 Å². The maximum absolute atomic E-state index is 9.37. The minimum absolute atomic E-state index is 0.0701. The number of aliphatic hydroxyl groups is 1. The third-order valence-electron chi connectivity index (χ3n) is 3.81. The van der Waals surface area contributed by atoms with E-state index in [1.54, 1.807) is 0 Å². The summed E-state index contributed by atoms with van der Waals surface area (Å²) in [6, 6.07) is 6.73. The fourth-order valence-electron chi connectivity index (χ4n) is 2.62. The molecule has 1 aliphatic rings. The number of ether oxygens (including phenoxy) is 1. The van der Waals surface area contributed by atoms with Crippen molar-refractivity contribution in [3.63, 3.8) is 0 Å². The number of benzene rings is 1. The first-order chi connectivity index (χ1) is 10.2. The highest BCUT2D eigenvalue weighted by molar-refractivity contribution is 9.10. The molecule has 21 heavy (non-hydrogen) atoms. The van der Waals surface area contributed by atoms with Gasteiger partial charge in [0.15, 0.2) is 0 Å². The molecule has 0 aromatic heterocycles. The molecule has 2 unspecified atom stereocenters. The van der Waals surface area contributed by atoms with Crippen molar-refractivity contribution in [2.75, 3.05) is 31.2 Å². The second-order valence-corrected chi connectivity index (χ2v) is 6.50. The van der Waals surface area contributed by atoms with Gasteiger partial charge in [-0.15, -0.1) is 0 Å². The van der Waals surface area contributed by atoms with Crippen LogP contribution in [0.3, 0.4) is 0 Å². The molecule has 5 heteroatoms. The molecule has 4 nitrogen and oxygen atoms in total. The average Bonchev–Trinajstić information content (AvgIpc) is 2.49. The van der Waals surface area contributed by atoms with Crippen LogP contribution in [0.1, 0.15) is 25.8 Å². The Balaban J connectivity index is 2.20. The lowest BCUT2D eigenvalue weighted by Gasteiger charge is -2.40. The van der Waals surface area contributed by atoms with E-state index in [4.69, 9.17) is 4.74 Å². The van der Waals surface area contributed by atoms with Crippen LogP contribution in [0.4, 0.5) is 5.69 Å². The summed E-state index contributed by atoms with van der Waals surface area (Å²) in [4.78, 5) is 2.35. The highest BCUT2D eigenvalue weighted by atomic mass is 79.9. The second kappa shape index (κ2) is 8.13. The van der Waals surface area contributed by atoms with E-state index < -0.39 is 0 Å². The van der Waals surface area contributed by atoms with Crippen LogP contribution in [0.25, 0.3) is 0 Å². The molecule has 0 saturated carbocycles. The summed E-state index contributed by atoms with van der Waals surface area (Å²) in [5.41, 5.74) is 2.51. The van der Waals surface area contributed by atoms with Crippen LogP contribution in [0.5, 0.6) is 0 Å². The van der Waals surface area contributed by atoms with Crippen molar-refractivity contribution < 1.29 is 9.84 Å². The third kappa shape index (κ3) is 4.42. The molecule has 1 aromatic rings. The maximum Gasteiger partial charge on any atom is 0.0981 e. The molecule has 2 N–H and O–H groups in total. The number of anilines is 1. The molecule has 0 spiro atoms. The summed E-state index contributed by atoms with van der Waals surface area (Å²) >= 11 is 3.57. The Morgan fingerprint density at radius 1 is 1.48 bits per heavy atom. The molecule has 118 valence electrons. The number of halogens is 1. The maximum atomic E-state index is 9.37. The molecule has 2 rings (SSSR count). The molecule has 0 aliphatic carbocycles. The minimum Gasteiger partial charge on any atom is -0.394 e. The number of nitrogens with one attached hydrogen (secondary N) is 1. The van der Waals surface area contributed by atoms with Crippen molar-refractivity contribution in [1.82, 2.24) is 5.32 Å². The van der Waals surface area contributed by atoms with Crippen LogP contribution in [0.2, 0.25) is 0 Å². The molecule has 2 atom stereocenters. The van der Waals surface area contributed by atoms with E-state index in [2.05, 4.69) is 58.2 Å². The van der Waals surface area contributed by atoms with Crippen LogP contribution in [0.15, 0.2) is 22.7 Å². The molecule has 1 aromatic carbocycles. The summed E-state index contributed by atoms with van der Waals surface area (Å²) in [6.07, 6.45) is 1.03. The van der Waals surface area contributed by atoms with E-state index in [1.165, 1.54) is 11.3 Å². The summed E-state index contributed by atoms with van der Waals surface area (Å²) < 4.78 is 6.72. The van der Waals surface area contributed by atoms with Gasteiger partial charge in [-0.25, -0.2) is 0 Å². The molecule has 1 fully saturated rings. The van der Waals surface area contributed by atoms with E-state index in [-0.39, 0.29) is 12.7 Å². The Labute approximate surface area is 135 Å². The van der Waals surface area contributed by atoms with Gasteiger partial charge in [-0.1, -0.05) is 28.9 Å². The zero-order valence-corrected chi connectivity index (χ0v) is 14.4. The first kappa shape index (κ1) is 16.7. The van der Waals surface area contributed by atoms with Gasteiger partial charge < -0.3 is 20.1 Å². The molecule has 1 heterocycles. The van der Waals surface area contributed by atoms with Crippen LogP contribution in [0, 0.1) is 0 Å². The SMILES string of the molecule is CCCNCc1ccc(Br)cc1N1CC(CO)OCC1C. The summed E-state index contributed by atoms with van der Waals surface area (Å²) in [5.74, 6) is 0. The lowest BCUT2D eigenvalue weighted by molar-refractivity contribution is -0.0103. The zero-order valence-electron chi connectivity index (χ0n) is 12.8. The molecular weight excluding hydrogens is 332 g/mol. The number of aliphatic hydroxyl groups excluding tert-OH is 1. The Kier molecular flexibility index (Phi) is 6.48. The fourth-order valence-corrected chi connectivity index (χ4v) is 2.97. The highest BCUT2D eigenvalue weighted by Crippen LogP contribution is 2.29. The van der Waals surface area contributed by atoms with Crippen LogP contribution in [-0.4, -0.2) is 43.6 Å². The normalized spacial score (nSPS) is 22.6. The highest BCUT2D eigenvalue weighted by Gasteiger charge is 2.27. The lowest BCUT2D eigenvalue weighted by Crippen LogP contribution is -2.50. The third-order valence-corrected chi connectivity index (χ3v) is 4.30. The zero-order chi connectivity index (χ0) is 15.2. The van der Waals surface area contributed by atoms with Gasteiger partial charge in [-0.05, 0) is 37.6 Å². The number of hydrogen-bond donors (Lipinski definition) is 2. The van der Waals surface area contributed by atoms with Crippen LogP contribution >= 0.6 is 15.9 Å². The van der Waals surface area contributed by atoms with E-state index in [0.717, 1.165) is 30.5 Å². The Morgan fingerprint density at radius 2 is 2.29 bits per heavy atom. The van der Waals surface area contributed by atoms with Gasteiger partial charge in [-0.2, -0.15) is 0 Å². The van der Waals surface area contributed by atoms with Gasteiger partial charge in [0.2, 0.25) is 0 Å². The van der Waals surface area contributed by atoms with Crippen molar-refractivity contribution >= 4 is 21.6 Å². The van der Waals surface area contributed by atoms with Gasteiger partial charge in [-0.3, -0.25) is 0 Å². The minimum atomic E-state index is -0.100.